The fraction of sp³-hybridized carbons (Fsp3) is 0.292. The Balaban J connectivity index is 1.72. The molecule has 0 unspecified atom stereocenters. The Bertz CT molecular complexity index is 1130. The van der Waals surface area contributed by atoms with Crippen LogP contribution in [0.3, 0.4) is 0 Å². The molecule has 0 spiro atoms. The van der Waals surface area contributed by atoms with Crippen LogP contribution < -0.4 is 0 Å². The van der Waals surface area contributed by atoms with Crippen molar-refractivity contribution in [3.8, 4) is 5.69 Å². The number of amidine groups is 2. The standard InChI is InChI=1S/C24H26N4OS/c1-6-14(2)18-7-9-20(10-8-18)27-15(3)11-19(17(27)5)12-21-22(25)28-16(4)13-30-24(28)26-23(21)29/h7-14,25H,6H2,1-5H3/b21-12+,25-22?/t14-/m0/s1. The maximum absolute atomic E-state index is 12.6. The Morgan fingerprint density at radius 2 is 1.90 bits per heavy atom. The number of benzene rings is 1. The number of carbonyl (C=O) groups is 1. The summed E-state index contributed by atoms with van der Waals surface area (Å²) in [6.45, 7) is 10.5. The molecule has 0 aliphatic carbocycles. The first-order valence-electron chi connectivity index (χ1n) is 10.2. The molecule has 1 N–H and O–H groups in total. The number of nitrogens with one attached hydrogen (secondary N) is 1. The first-order valence-corrected chi connectivity index (χ1v) is 11.1. The van der Waals surface area contributed by atoms with Gasteiger partial charge in [0.25, 0.3) is 5.91 Å². The van der Waals surface area contributed by atoms with Crippen LogP contribution in [0.5, 0.6) is 0 Å². The molecule has 2 aliphatic heterocycles. The number of thioether (sulfide) groups is 1. The average molecular weight is 419 g/mol. The van der Waals surface area contributed by atoms with Gasteiger partial charge in [-0.2, -0.15) is 4.99 Å². The van der Waals surface area contributed by atoms with Crippen LogP contribution in [0, 0.1) is 19.3 Å². The number of aromatic nitrogens is 1. The Hall–Kier alpha value is -2.86. The number of allylic oxidation sites excluding steroid dienone is 1. The molecule has 1 aromatic carbocycles. The Morgan fingerprint density at radius 1 is 1.20 bits per heavy atom. The molecule has 154 valence electrons. The molecule has 30 heavy (non-hydrogen) atoms. The molecule has 2 aromatic rings. The number of hydrogen-bond acceptors (Lipinski definition) is 3. The summed E-state index contributed by atoms with van der Waals surface area (Å²) < 4.78 is 2.19. The van der Waals surface area contributed by atoms with E-state index >= 15 is 0 Å². The van der Waals surface area contributed by atoms with E-state index in [1.807, 2.05) is 19.3 Å². The second-order valence-electron chi connectivity index (χ2n) is 7.88. The highest BCUT2D eigenvalue weighted by molar-refractivity contribution is 8.16. The van der Waals surface area contributed by atoms with E-state index in [4.69, 9.17) is 5.41 Å². The third-order valence-electron chi connectivity index (χ3n) is 5.89. The van der Waals surface area contributed by atoms with Crippen molar-refractivity contribution in [3.05, 3.63) is 69.5 Å². The number of hydrogen-bond donors (Lipinski definition) is 1. The van der Waals surface area contributed by atoms with Crippen molar-refractivity contribution in [1.29, 1.82) is 5.41 Å². The summed E-state index contributed by atoms with van der Waals surface area (Å²) in [5.74, 6) is 0.372. The second-order valence-corrected chi connectivity index (χ2v) is 8.72. The molecule has 0 fully saturated rings. The molecule has 5 nitrogen and oxygen atoms in total. The highest BCUT2D eigenvalue weighted by atomic mass is 32.2. The van der Waals surface area contributed by atoms with Crippen LogP contribution in [-0.2, 0) is 4.79 Å². The Kier molecular flexibility index (Phi) is 5.28. The molecule has 1 aromatic heterocycles. The molecule has 1 atom stereocenters. The van der Waals surface area contributed by atoms with Crippen LogP contribution in [0.1, 0.15) is 55.6 Å². The quantitative estimate of drug-likeness (QED) is 0.641. The van der Waals surface area contributed by atoms with Gasteiger partial charge in [0, 0.05) is 22.8 Å². The maximum Gasteiger partial charge on any atom is 0.283 e. The van der Waals surface area contributed by atoms with Crippen molar-refractivity contribution >= 4 is 34.7 Å². The van der Waals surface area contributed by atoms with E-state index in [2.05, 4.69) is 60.7 Å². The summed E-state index contributed by atoms with van der Waals surface area (Å²) in [7, 11) is 0. The zero-order valence-corrected chi connectivity index (χ0v) is 18.8. The first kappa shape index (κ1) is 20.4. The number of nitrogens with zero attached hydrogens (tertiary/aromatic N) is 3. The lowest BCUT2D eigenvalue weighted by atomic mass is 9.98. The van der Waals surface area contributed by atoms with Crippen molar-refractivity contribution in [2.75, 3.05) is 0 Å². The molecule has 0 bridgehead atoms. The molecule has 6 heteroatoms. The third-order valence-corrected chi connectivity index (χ3v) is 6.83. The van der Waals surface area contributed by atoms with E-state index < -0.39 is 0 Å². The van der Waals surface area contributed by atoms with Crippen LogP contribution >= 0.6 is 11.8 Å². The summed E-state index contributed by atoms with van der Waals surface area (Å²) >= 11 is 1.38. The van der Waals surface area contributed by atoms with E-state index in [1.54, 1.807) is 11.0 Å². The lowest BCUT2D eigenvalue weighted by Gasteiger charge is -2.25. The number of amides is 1. The SMILES string of the molecule is CC[C@H](C)c1ccc(-n2c(C)cc(/C=C3\C(=N)N4C(C)=CSC4=NC3=O)c2C)cc1. The summed E-state index contributed by atoms with van der Waals surface area (Å²) in [5, 5.41) is 11.0. The summed E-state index contributed by atoms with van der Waals surface area (Å²) in [4.78, 5) is 18.5. The second kappa shape index (κ2) is 7.76. The minimum absolute atomic E-state index is 0.187. The van der Waals surface area contributed by atoms with Crippen LogP contribution in [0.15, 0.2) is 52.0 Å². The lowest BCUT2D eigenvalue weighted by Crippen LogP contribution is -2.37. The van der Waals surface area contributed by atoms with Gasteiger partial charge in [-0.15, -0.1) is 0 Å². The molecule has 1 amide bonds. The zero-order chi connectivity index (χ0) is 21.6. The normalized spacial score (nSPS) is 18.6. The Morgan fingerprint density at radius 3 is 2.57 bits per heavy atom. The zero-order valence-electron chi connectivity index (χ0n) is 18.0. The van der Waals surface area contributed by atoms with Crippen LogP contribution in [-0.4, -0.2) is 26.4 Å². The van der Waals surface area contributed by atoms with Gasteiger partial charge in [-0.25, -0.2) is 0 Å². The third kappa shape index (κ3) is 3.35. The fourth-order valence-electron chi connectivity index (χ4n) is 3.92. The maximum atomic E-state index is 12.6. The van der Waals surface area contributed by atoms with E-state index in [-0.39, 0.29) is 11.7 Å². The number of rotatable bonds is 4. The van der Waals surface area contributed by atoms with Gasteiger partial charge in [-0.3, -0.25) is 15.1 Å². The summed E-state index contributed by atoms with van der Waals surface area (Å²) in [6.07, 6.45) is 2.92. The van der Waals surface area contributed by atoms with Crippen molar-refractivity contribution in [1.82, 2.24) is 9.47 Å². The van der Waals surface area contributed by atoms with Gasteiger partial charge in [0.15, 0.2) is 5.17 Å². The molecule has 0 saturated carbocycles. The minimum Gasteiger partial charge on any atom is -0.318 e. The molecule has 0 saturated heterocycles. The fourth-order valence-corrected chi connectivity index (χ4v) is 4.77. The van der Waals surface area contributed by atoms with Gasteiger partial charge < -0.3 is 4.57 Å². The highest BCUT2D eigenvalue weighted by Gasteiger charge is 2.34. The molecule has 2 aliphatic rings. The minimum atomic E-state index is -0.357. The van der Waals surface area contributed by atoms with Crippen molar-refractivity contribution in [3.63, 3.8) is 0 Å². The molecular formula is C24H26N4OS. The summed E-state index contributed by atoms with van der Waals surface area (Å²) in [5.41, 5.74) is 6.72. The van der Waals surface area contributed by atoms with Crippen molar-refractivity contribution < 1.29 is 4.79 Å². The van der Waals surface area contributed by atoms with Gasteiger partial charge in [-0.1, -0.05) is 37.7 Å². The summed E-state index contributed by atoms with van der Waals surface area (Å²) in [6, 6.07) is 10.7. The van der Waals surface area contributed by atoms with Crippen LogP contribution in [0.2, 0.25) is 0 Å². The van der Waals surface area contributed by atoms with Gasteiger partial charge in [0.1, 0.15) is 5.84 Å². The Labute approximate surface area is 181 Å². The van der Waals surface area contributed by atoms with Crippen molar-refractivity contribution in [2.24, 2.45) is 4.99 Å². The van der Waals surface area contributed by atoms with Crippen LogP contribution in [0.25, 0.3) is 11.8 Å². The van der Waals surface area contributed by atoms with Gasteiger partial charge in [0.05, 0.1) is 5.57 Å². The smallest absolute Gasteiger partial charge is 0.283 e. The number of aryl methyl sites for hydroxylation is 1. The molecular weight excluding hydrogens is 392 g/mol. The predicted molar refractivity (Wildman–Crippen MR) is 125 cm³/mol. The van der Waals surface area contributed by atoms with E-state index in [1.165, 1.54) is 17.3 Å². The van der Waals surface area contributed by atoms with E-state index in [0.29, 0.717) is 16.7 Å². The molecule has 3 heterocycles. The average Bonchev–Trinajstić information content (AvgIpc) is 3.23. The number of carbonyl (C=O) groups excluding carboxylic acids is 1. The van der Waals surface area contributed by atoms with Gasteiger partial charge in [-0.05, 0) is 73.9 Å². The lowest BCUT2D eigenvalue weighted by molar-refractivity contribution is -0.114. The largest absolute Gasteiger partial charge is 0.318 e. The van der Waals surface area contributed by atoms with Gasteiger partial charge in [0.2, 0.25) is 0 Å². The predicted octanol–water partition coefficient (Wildman–Crippen LogP) is 5.77. The topological polar surface area (TPSA) is 61.5 Å². The number of fused-ring (bicyclic) bond motifs is 1. The highest BCUT2D eigenvalue weighted by Crippen LogP contribution is 2.32. The van der Waals surface area contributed by atoms with Crippen LogP contribution in [0.4, 0.5) is 0 Å². The van der Waals surface area contributed by atoms with E-state index in [0.717, 1.165) is 34.8 Å². The van der Waals surface area contributed by atoms with E-state index in [9.17, 15) is 4.79 Å². The first-order chi connectivity index (χ1) is 14.3. The number of aliphatic imine (C=N–C) groups is 1. The molecule has 0 radical (unpaired) electrons. The van der Waals surface area contributed by atoms with Gasteiger partial charge >= 0.3 is 0 Å². The molecule has 4 rings (SSSR count). The van der Waals surface area contributed by atoms with Crippen molar-refractivity contribution in [2.45, 2.75) is 47.0 Å². The monoisotopic (exact) mass is 418 g/mol.